The van der Waals surface area contributed by atoms with Crippen LogP contribution < -0.4 is 5.73 Å². The van der Waals surface area contributed by atoms with Crippen LogP contribution in [0.4, 0.5) is 0 Å². The van der Waals surface area contributed by atoms with Crippen molar-refractivity contribution in [2.75, 3.05) is 26.4 Å². The number of hydrogen-bond donors (Lipinski definition) is 2. The second-order valence-electron chi connectivity index (χ2n) is 17.0. The first kappa shape index (κ1) is 60.0. The van der Waals surface area contributed by atoms with Crippen LogP contribution in [-0.2, 0) is 32.7 Å². The molecule has 0 aromatic heterocycles. The molecule has 10 heteroatoms. The van der Waals surface area contributed by atoms with Crippen molar-refractivity contribution in [3.63, 3.8) is 0 Å². The average molecular weight is 894 g/mol. The number of carbonyl (C=O) groups excluding carboxylic acids is 2. The molecular formula is C52H96NO8P. The van der Waals surface area contributed by atoms with Gasteiger partial charge in [0.15, 0.2) is 6.10 Å². The van der Waals surface area contributed by atoms with Crippen molar-refractivity contribution in [1.29, 1.82) is 0 Å². The van der Waals surface area contributed by atoms with Gasteiger partial charge in [0.2, 0.25) is 0 Å². The highest BCUT2D eigenvalue weighted by atomic mass is 31.2. The lowest BCUT2D eigenvalue weighted by atomic mass is 10.0. The maximum atomic E-state index is 12.6. The minimum atomic E-state index is -4.39. The smallest absolute Gasteiger partial charge is 0.462 e. The van der Waals surface area contributed by atoms with Crippen molar-refractivity contribution in [2.45, 2.75) is 245 Å². The summed E-state index contributed by atoms with van der Waals surface area (Å²) in [4.78, 5) is 35.0. The number of esters is 2. The van der Waals surface area contributed by atoms with Gasteiger partial charge in [-0.05, 0) is 57.8 Å². The monoisotopic (exact) mass is 894 g/mol. The van der Waals surface area contributed by atoms with Crippen LogP contribution in [0.5, 0.6) is 0 Å². The predicted octanol–water partition coefficient (Wildman–Crippen LogP) is 15.5. The normalized spacial score (nSPS) is 13.5. The summed E-state index contributed by atoms with van der Waals surface area (Å²) >= 11 is 0. The van der Waals surface area contributed by atoms with Crippen LogP contribution in [0.15, 0.2) is 48.6 Å². The standard InChI is InChI=1S/C52H96NO8P/c1-3-5-7-9-11-13-15-17-19-21-23-24-25-27-28-30-32-34-36-38-40-42-44-51(54)58-48-50(49-60-62(56,57)59-47-46-53)61-52(55)45-43-41-39-37-35-33-31-29-26-22-20-18-16-14-12-10-8-6-4-2/h12,14,18,20,26,29,33,35,50H,3-11,13,15-17,19,21-25,27-28,30-32,34,36-49,53H2,1-2H3,(H,56,57)/b14-12+,20-18+,29-26+,35-33+/t50-/m1/s1. The van der Waals surface area contributed by atoms with Gasteiger partial charge < -0.3 is 20.1 Å². The fraction of sp³-hybridized carbons (Fsp3) is 0.808. The highest BCUT2D eigenvalue weighted by Crippen LogP contribution is 2.43. The second-order valence-corrected chi connectivity index (χ2v) is 18.5. The van der Waals surface area contributed by atoms with E-state index in [1.54, 1.807) is 0 Å². The largest absolute Gasteiger partial charge is 0.472 e. The lowest BCUT2D eigenvalue weighted by Gasteiger charge is -2.19. The first-order valence-electron chi connectivity index (χ1n) is 25.6. The van der Waals surface area contributed by atoms with Crippen LogP contribution in [0, 0.1) is 0 Å². The Morgan fingerprint density at radius 3 is 1.27 bits per heavy atom. The summed E-state index contributed by atoms with van der Waals surface area (Å²) in [5, 5.41) is 0. The van der Waals surface area contributed by atoms with Crippen LogP contribution in [0.3, 0.4) is 0 Å². The molecule has 0 aromatic rings. The zero-order chi connectivity index (χ0) is 45.3. The van der Waals surface area contributed by atoms with E-state index < -0.39 is 26.5 Å². The third kappa shape index (κ3) is 47.4. The molecular weight excluding hydrogens is 798 g/mol. The van der Waals surface area contributed by atoms with Crippen LogP contribution in [0.2, 0.25) is 0 Å². The molecule has 0 fully saturated rings. The first-order valence-corrected chi connectivity index (χ1v) is 27.1. The lowest BCUT2D eigenvalue weighted by Crippen LogP contribution is -2.29. The molecule has 0 bridgehead atoms. The Bertz CT molecular complexity index is 1160. The Kier molecular flexibility index (Phi) is 46.8. The molecule has 362 valence electrons. The first-order chi connectivity index (χ1) is 30.3. The van der Waals surface area contributed by atoms with E-state index in [2.05, 4.69) is 62.5 Å². The Balaban J connectivity index is 4.08. The van der Waals surface area contributed by atoms with Gasteiger partial charge in [-0.15, -0.1) is 0 Å². The highest BCUT2D eigenvalue weighted by molar-refractivity contribution is 7.47. The van der Waals surface area contributed by atoms with Gasteiger partial charge in [-0.2, -0.15) is 0 Å². The molecule has 2 atom stereocenters. The Morgan fingerprint density at radius 2 is 0.839 bits per heavy atom. The summed E-state index contributed by atoms with van der Waals surface area (Å²) in [5.41, 5.74) is 5.36. The van der Waals surface area contributed by atoms with E-state index in [9.17, 15) is 19.0 Å². The second kappa shape index (κ2) is 48.4. The zero-order valence-electron chi connectivity index (χ0n) is 40.1. The fourth-order valence-electron chi connectivity index (χ4n) is 7.15. The molecule has 9 nitrogen and oxygen atoms in total. The number of nitrogens with two attached hydrogens (primary N) is 1. The third-order valence-electron chi connectivity index (χ3n) is 11.0. The van der Waals surface area contributed by atoms with Gasteiger partial charge in [0, 0.05) is 19.4 Å². The number of phosphoric ester groups is 1. The molecule has 0 aliphatic carbocycles. The van der Waals surface area contributed by atoms with Crippen molar-refractivity contribution < 1.29 is 37.6 Å². The molecule has 0 aliphatic rings. The van der Waals surface area contributed by atoms with E-state index in [4.69, 9.17) is 24.3 Å². The number of carbonyl (C=O) groups is 2. The van der Waals surface area contributed by atoms with Crippen LogP contribution in [0.1, 0.15) is 239 Å². The lowest BCUT2D eigenvalue weighted by molar-refractivity contribution is -0.161. The van der Waals surface area contributed by atoms with Crippen molar-refractivity contribution in [2.24, 2.45) is 5.73 Å². The van der Waals surface area contributed by atoms with E-state index in [1.165, 1.54) is 148 Å². The van der Waals surface area contributed by atoms with E-state index >= 15 is 0 Å². The quantitative estimate of drug-likeness (QED) is 0.0265. The number of rotatable bonds is 48. The molecule has 0 saturated heterocycles. The summed E-state index contributed by atoms with van der Waals surface area (Å²) in [6, 6.07) is 0. The van der Waals surface area contributed by atoms with Crippen molar-refractivity contribution in [1.82, 2.24) is 0 Å². The summed E-state index contributed by atoms with van der Waals surface area (Å²) in [6.07, 6.45) is 57.2. The van der Waals surface area contributed by atoms with Gasteiger partial charge in [0.25, 0.3) is 0 Å². The van der Waals surface area contributed by atoms with E-state index in [1.807, 2.05) is 0 Å². The summed E-state index contributed by atoms with van der Waals surface area (Å²) in [6.45, 7) is 3.70. The molecule has 62 heavy (non-hydrogen) atoms. The van der Waals surface area contributed by atoms with Gasteiger partial charge in [0.1, 0.15) is 6.61 Å². The summed E-state index contributed by atoms with van der Waals surface area (Å²) in [7, 11) is -4.39. The highest BCUT2D eigenvalue weighted by Gasteiger charge is 2.26. The number of allylic oxidation sites excluding steroid dienone is 8. The minimum Gasteiger partial charge on any atom is -0.462 e. The molecule has 0 radical (unpaired) electrons. The minimum absolute atomic E-state index is 0.0475. The Labute approximate surface area is 381 Å². The Hall–Kier alpha value is -2.03. The molecule has 0 aliphatic heterocycles. The van der Waals surface area contributed by atoms with Crippen molar-refractivity contribution in [3.8, 4) is 0 Å². The van der Waals surface area contributed by atoms with Gasteiger partial charge in [-0.3, -0.25) is 18.6 Å². The molecule has 3 N–H and O–H groups in total. The van der Waals surface area contributed by atoms with Crippen LogP contribution in [-0.4, -0.2) is 49.3 Å². The number of hydrogen-bond acceptors (Lipinski definition) is 8. The van der Waals surface area contributed by atoms with E-state index in [-0.39, 0.29) is 38.6 Å². The molecule has 0 saturated carbocycles. The predicted molar refractivity (Wildman–Crippen MR) is 261 cm³/mol. The topological polar surface area (TPSA) is 134 Å². The zero-order valence-corrected chi connectivity index (χ0v) is 41.0. The third-order valence-corrected chi connectivity index (χ3v) is 12.0. The fourth-order valence-corrected chi connectivity index (χ4v) is 7.91. The maximum Gasteiger partial charge on any atom is 0.472 e. The van der Waals surface area contributed by atoms with Crippen molar-refractivity contribution in [3.05, 3.63) is 48.6 Å². The number of ether oxygens (including phenoxy) is 2. The maximum absolute atomic E-state index is 12.6. The molecule has 1 unspecified atom stereocenters. The molecule has 0 heterocycles. The van der Waals surface area contributed by atoms with Crippen LogP contribution >= 0.6 is 7.82 Å². The van der Waals surface area contributed by atoms with Gasteiger partial charge in [-0.1, -0.05) is 217 Å². The molecule has 0 rings (SSSR count). The number of phosphoric acid groups is 1. The van der Waals surface area contributed by atoms with Crippen LogP contribution in [0.25, 0.3) is 0 Å². The SMILES string of the molecule is CCCCC/C=C/C/C=C/C/C=C/C/C=C/CCCCCC(=O)O[C@H](COC(=O)CCCCCCCCCCCCCCCCCCCCCCCC)COP(=O)(O)OCCN. The van der Waals surface area contributed by atoms with E-state index in [0.717, 1.165) is 57.8 Å². The molecule has 0 spiro atoms. The Morgan fingerprint density at radius 1 is 0.484 bits per heavy atom. The molecule has 0 aromatic carbocycles. The summed E-state index contributed by atoms with van der Waals surface area (Å²) in [5.74, 6) is -0.856. The van der Waals surface area contributed by atoms with Crippen molar-refractivity contribution >= 4 is 19.8 Å². The average Bonchev–Trinajstić information content (AvgIpc) is 3.26. The van der Waals surface area contributed by atoms with E-state index in [0.29, 0.717) is 6.42 Å². The molecule has 0 amide bonds. The summed E-state index contributed by atoms with van der Waals surface area (Å²) < 4.78 is 32.9. The van der Waals surface area contributed by atoms with Gasteiger partial charge in [0.05, 0.1) is 13.2 Å². The number of unbranched alkanes of at least 4 members (excludes halogenated alkanes) is 27. The van der Waals surface area contributed by atoms with Gasteiger partial charge in [-0.25, -0.2) is 4.57 Å². The van der Waals surface area contributed by atoms with Gasteiger partial charge >= 0.3 is 19.8 Å².